The molecule has 1 heterocycles. The first-order valence-electron chi connectivity index (χ1n) is 9.35. The zero-order chi connectivity index (χ0) is 21.0. The van der Waals surface area contributed by atoms with Crippen LogP contribution in [0.1, 0.15) is 17.5 Å². The normalized spacial score (nSPS) is 10.8. The lowest BCUT2D eigenvalue weighted by Gasteiger charge is -2.20. The lowest BCUT2D eigenvalue weighted by molar-refractivity contribution is -0.130. The van der Waals surface area contributed by atoms with Crippen LogP contribution in [0.5, 0.6) is 11.5 Å². The van der Waals surface area contributed by atoms with E-state index >= 15 is 0 Å². The number of ether oxygens (including phenoxy) is 2. The molecule has 0 saturated heterocycles. The van der Waals surface area contributed by atoms with Crippen molar-refractivity contribution in [2.75, 3.05) is 21.3 Å². The van der Waals surface area contributed by atoms with Gasteiger partial charge >= 0.3 is 0 Å². The van der Waals surface area contributed by atoms with Gasteiger partial charge in [0, 0.05) is 32.1 Å². The Bertz CT molecular complexity index is 1090. The van der Waals surface area contributed by atoms with Crippen molar-refractivity contribution in [3.05, 3.63) is 64.2 Å². The molecule has 0 aliphatic rings. The zero-order valence-electron chi connectivity index (χ0n) is 17.1. The summed E-state index contributed by atoms with van der Waals surface area (Å²) in [5, 5.41) is 0.564. The molecule has 2 aromatic carbocycles. The van der Waals surface area contributed by atoms with Crippen LogP contribution >= 0.6 is 0 Å². The van der Waals surface area contributed by atoms with Gasteiger partial charge in [0.2, 0.25) is 5.91 Å². The summed E-state index contributed by atoms with van der Waals surface area (Å²) in [5.74, 6) is 1.15. The van der Waals surface area contributed by atoms with Gasteiger partial charge in [-0.2, -0.15) is 0 Å². The van der Waals surface area contributed by atoms with Crippen molar-refractivity contribution in [2.24, 2.45) is 0 Å². The SMILES string of the molecule is COc1cccc(CN(C)C(=O)CCn2cnc3c(C)cccc3c2=O)c1OC. The van der Waals surface area contributed by atoms with Crippen LogP contribution in [-0.4, -0.2) is 41.6 Å². The van der Waals surface area contributed by atoms with E-state index in [0.717, 1.165) is 11.1 Å². The molecule has 0 bridgehead atoms. The van der Waals surface area contributed by atoms with Gasteiger partial charge in [0.25, 0.3) is 5.56 Å². The number of benzene rings is 2. The maximum absolute atomic E-state index is 12.7. The summed E-state index contributed by atoms with van der Waals surface area (Å²) in [6.45, 7) is 2.57. The molecular weight excluding hydrogens is 370 g/mol. The molecule has 29 heavy (non-hydrogen) atoms. The highest BCUT2D eigenvalue weighted by Gasteiger charge is 2.15. The van der Waals surface area contributed by atoms with E-state index in [1.54, 1.807) is 32.2 Å². The van der Waals surface area contributed by atoms with Crippen LogP contribution in [0.2, 0.25) is 0 Å². The lowest BCUT2D eigenvalue weighted by atomic mass is 10.1. The van der Waals surface area contributed by atoms with Crippen LogP contribution in [-0.2, 0) is 17.9 Å². The van der Waals surface area contributed by atoms with Gasteiger partial charge in [-0.05, 0) is 24.6 Å². The van der Waals surface area contributed by atoms with E-state index in [1.165, 1.54) is 10.9 Å². The zero-order valence-corrected chi connectivity index (χ0v) is 17.1. The third-order valence-corrected chi connectivity index (χ3v) is 4.94. The lowest BCUT2D eigenvalue weighted by Crippen LogP contribution is -2.29. The fraction of sp³-hybridized carbons (Fsp3) is 0.318. The van der Waals surface area contributed by atoms with E-state index < -0.39 is 0 Å². The first kappa shape index (κ1) is 20.4. The molecule has 0 spiro atoms. The average molecular weight is 395 g/mol. The van der Waals surface area contributed by atoms with Gasteiger partial charge in [-0.15, -0.1) is 0 Å². The number of amides is 1. The highest BCUT2D eigenvalue weighted by molar-refractivity contribution is 5.80. The van der Waals surface area contributed by atoms with Crippen molar-refractivity contribution >= 4 is 16.8 Å². The highest BCUT2D eigenvalue weighted by Crippen LogP contribution is 2.31. The maximum Gasteiger partial charge on any atom is 0.261 e. The first-order valence-corrected chi connectivity index (χ1v) is 9.35. The molecule has 0 aliphatic heterocycles. The second-order valence-corrected chi connectivity index (χ2v) is 6.87. The Morgan fingerprint density at radius 2 is 1.90 bits per heavy atom. The molecule has 152 valence electrons. The number of carbonyl (C=O) groups is 1. The number of nitrogens with zero attached hydrogens (tertiary/aromatic N) is 3. The van der Waals surface area contributed by atoms with Crippen LogP contribution in [0.3, 0.4) is 0 Å². The molecule has 7 nitrogen and oxygen atoms in total. The highest BCUT2D eigenvalue weighted by atomic mass is 16.5. The van der Waals surface area contributed by atoms with Crippen molar-refractivity contribution in [3.8, 4) is 11.5 Å². The van der Waals surface area contributed by atoms with Gasteiger partial charge in [0.05, 0.1) is 31.4 Å². The predicted molar refractivity (Wildman–Crippen MR) is 111 cm³/mol. The number of hydrogen-bond acceptors (Lipinski definition) is 5. The smallest absolute Gasteiger partial charge is 0.261 e. The van der Waals surface area contributed by atoms with E-state index in [2.05, 4.69) is 4.98 Å². The van der Waals surface area contributed by atoms with Crippen molar-refractivity contribution in [3.63, 3.8) is 0 Å². The molecule has 0 fully saturated rings. The van der Waals surface area contributed by atoms with Crippen molar-refractivity contribution in [1.82, 2.24) is 14.5 Å². The molecule has 0 N–H and O–H groups in total. The summed E-state index contributed by atoms with van der Waals surface area (Å²) < 4.78 is 12.2. The van der Waals surface area contributed by atoms with Crippen molar-refractivity contribution in [2.45, 2.75) is 26.4 Å². The van der Waals surface area contributed by atoms with Gasteiger partial charge in [0.1, 0.15) is 0 Å². The number of aryl methyl sites for hydroxylation is 2. The monoisotopic (exact) mass is 395 g/mol. The third-order valence-electron chi connectivity index (χ3n) is 4.94. The minimum Gasteiger partial charge on any atom is -0.493 e. The number of fused-ring (bicyclic) bond motifs is 1. The Hall–Kier alpha value is -3.35. The Morgan fingerprint density at radius 3 is 2.62 bits per heavy atom. The van der Waals surface area contributed by atoms with Crippen molar-refractivity contribution < 1.29 is 14.3 Å². The molecule has 0 unspecified atom stereocenters. The van der Waals surface area contributed by atoms with E-state index in [1.807, 2.05) is 37.3 Å². The summed E-state index contributed by atoms with van der Waals surface area (Å²) in [5.41, 5.74) is 2.36. The van der Waals surface area contributed by atoms with Gasteiger partial charge in [-0.1, -0.05) is 24.3 Å². The molecule has 3 aromatic rings. The number of aromatic nitrogens is 2. The van der Waals surface area contributed by atoms with E-state index in [0.29, 0.717) is 28.9 Å². The number of para-hydroxylation sites is 2. The van der Waals surface area contributed by atoms with Crippen molar-refractivity contribution in [1.29, 1.82) is 0 Å². The fourth-order valence-electron chi connectivity index (χ4n) is 3.33. The molecule has 0 aliphatic carbocycles. The predicted octanol–water partition coefficient (Wildman–Crippen LogP) is 2.77. The van der Waals surface area contributed by atoms with Crippen LogP contribution < -0.4 is 15.0 Å². The molecule has 0 radical (unpaired) electrons. The molecular formula is C22H25N3O4. The Morgan fingerprint density at radius 1 is 1.14 bits per heavy atom. The number of hydrogen-bond donors (Lipinski definition) is 0. The fourth-order valence-corrected chi connectivity index (χ4v) is 3.33. The van der Waals surface area contributed by atoms with Gasteiger partial charge in [-0.3, -0.25) is 14.2 Å². The molecule has 0 atom stereocenters. The Balaban J connectivity index is 1.71. The molecule has 3 rings (SSSR count). The van der Waals surface area contributed by atoms with Crippen LogP contribution in [0.15, 0.2) is 47.5 Å². The maximum atomic E-state index is 12.7. The molecule has 1 aromatic heterocycles. The summed E-state index contributed by atoms with van der Waals surface area (Å²) in [7, 11) is 4.88. The van der Waals surface area contributed by atoms with Gasteiger partial charge in [-0.25, -0.2) is 4.98 Å². The van der Waals surface area contributed by atoms with Gasteiger partial charge < -0.3 is 14.4 Å². The van der Waals surface area contributed by atoms with E-state index in [-0.39, 0.29) is 24.4 Å². The van der Waals surface area contributed by atoms with E-state index in [4.69, 9.17) is 9.47 Å². The minimum absolute atomic E-state index is 0.0777. The quantitative estimate of drug-likeness (QED) is 0.615. The van der Waals surface area contributed by atoms with Gasteiger partial charge in [0.15, 0.2) is 11.5 Å². The van der Waals surface area contributed by atoms with Crippen LogP contribution in [0.4, 0.5) is 0 Å². The summed E-state index contributed by atoms with van der Waals surface area (Å²) in [4.78, 5) is 31.3. The second-order valence-electron chi connectivity index (χ2n) is 6.87. The molecule has 7 heteroatoms. The Labute approximate surface area is 169 Å². The summed E-state index contributed by atoms with van der Waals surface area (Å²) >= 11 is 0. The summed E-state index contributed by atoms with van der Waals surface area (Å²) in [6, 6.07) is 11.1. The Kier molecular flexibility index (Phi) is 6.16. The van der Waals surface area contributed by atoms with Crippen LogP contribution in [0.25, 0.3) is 10.9 Å². The van der Waals surface area contributed by atoms with E-state index in [9.17, 15) is 9.59 Å². The minimum atomic E-state index is -0.136. The topological polar surface area (TPSA) is 73.7 Å². The van der Waals surface area contributed by atoms with Crippen LogP contribution in [0, 0.1) is 6.92 Å². The third kappa shape index (κ3) is 4.23. The second kappa shape index (κ2) is 8.77. The first-order chi connectivity index (χ1) is 14.0. The summed E-state index contributed by atoms with van der Waals surface area (Å²) in [6.07, 6.45) is 1.71. The number of methoxy groups -OCH3 is 2. The largest absolute Gasteiger partial charge is 0.493 e. The number of rotatable bonds is 7. The molecule has 1 amide bonds. The average Bonchev–Trinajstić information content (AvgIpc) is 2.73. The number of carbonyl (C=O) groups excluding carboxylic acids is 1. The standard InChI is InChI=1S/C22H25N3O4/c1-15-7-5-9-17-20(15)23-14-25(22(17)27)12-11-19(26)24(2)13-16-8-6-10-18(28-3)21(16)29-4/h5-10,14H,11-13H2,1-4H3. The molecule has 0 saturated carbocycles.